The normalized spacial score (nSPS) is 18.9. The van der Waals surface area contributed by atoms with Gasteiger partial charge in [-0.25, -0.2) is 0 Å². The molecule has 0 aromatic heterocycles. The molecule has 0 bridgehead atoms. The van der Waals surface area contributed by atoms with Gasteiger partial charge in [-0.15, -0.1) is 0 Å². The van der Waals surface area contributed by atoms with Crippen molar-refractivity contribution in [3.8, 4) is 6.07 Å². The predicted octanol–water partition coefficient (Wildman–Crippen LogP) is 3.04. The Morgan fingerprint density at radius 1 is 1.53 bits per heavy atom. The van der Waals surface area contributed by atoms with Crippen LogP contribution in [0.1, 0.15) is 25.3 Å². The zero-order chi connectivity index (χ0) is 13.7. The lowest BCUT2D eigenvalue weighted by molar-refractivity contribution is 0.378. The molecule has 1 aromatic carbocycles. The minimum absolute atomic E-state index is 0.615. The van der Waals surface area contributed by atoms with Crippen LogP contribution in [-0.4, -0.2) is 26.2 Å². The first-order valence-corrected chi connectivity index (χ1v) is 7.27. The van der Waals surface area contributed by atoms with Gasteiger partial charge in [0.1, 0.15) is 0 Å². The molecule has 0 radical (unpaired) electrons. The van der Waals surface area contributed by atoms with Crippen LogP contribution in [0.25, 0.3) is 0 Å². The second-order valence-electron chi connectivity index (χ2n) is 5.03. The van der Waals surface area contributed by atoms with Crippen molar-refractivity contribution >= 4 is 17.3 Å². The van der Waals surface area contributed by atoms with E-state index in [0.29, 0.717) is 16.5 Å². The second-order valence-corrected chi connectivity index (χ2v) is 5.44. The number of piperidine rings is 1. The Kier molecular flexibility index (Phi) is 5.07. The van der Waals surface area contributed by atoms with Crippen molar-refractivity contribution < 1.29 is 0 Å². The summed E-state index contributed by atoms with van der Waals surface area (Å²) in [6, 6.07) is 7.66. The quantitative estimate of drug-likeness (QED) is 0.919. The molecular formula is C15H20ClN3. The summed E-state index contributed by atoms with van der Waals surface area (Å²) in [6.07, 6.45) is 2.53. The van der Waals surface area contributed by atoms with Gasteiger partial charge in [0.25, 0.3) is 0 Å². The summed E-state index contributed by atoms with van der Waals surface area (Å²) in [5.41, 5.74) is 1.65. The van der Waals surface area contributed by atoms with Gasteiger partial charge in [-0.1, -0.05) is 11.6 Å². The summed E-state index contributed by atoms with van der Waals surface area (Å²) in [5, 5.41) is 13.0. The van der Waals surface area contributed by atoms with Crippen LogP contribution in [0.5, 0.6) is 0 Å². The molecule has 1 aromatic rings. The number of nitriles is 1. The first kappa shape index (κ1) is 14.2. The third kappa shape index (κ3) is 3.62. The molecule has 1 heterocycles. The maximum absolute atomic E-state index is 8.88. The Balaban J connectivity index is 2.10. The average Bonchev–Trinajstić information content (AvgIpc) is 2.46. The van der Waals surface area contributed by atoms with Gasteiger partial charge in [0.15, 0.2) is 0 Å². The highest BCUT2D eigenvalue weighted by Gasteiger charge is 2.18. The highest BCUT2D eigenvalue weighted by atomic mass is 35.5. The molecule has 0 spiro atoms. The number of hydrogen-bond acceptors (Lipinski definition) is 3. The maximum atomic E-state index is 8.88. The van der Waals surface area contributed by atoms with Gasteiger partial charge in [0.05, 0.1) is 22.3 Å². The molecule has 1 saturated heterocycles. The molecule has 0 aliphatic carbocycles. The van der Waals surface area contributed by atoms with Crippen molar-refractivity contribution in [3.05, 3.63) is 28.8 Å². The minimum Gasteiger partial charge on any atom is -0.370 e. The molecule has 102 valence electrons. The van der Waals surface area contributed by atoms with Crippen LogP contribution in [0.15, 0.2) is 18.2 Å². The van der Waals surface area contributed by atoms with E-state index in [1.165, 1.54) is 12.8 Å². The van der Waals surface area contributed by atoms with Gasteiger partial charge in [0.2, 0.25) is 0 Å². The Bertz CT molecular complexity index is 461. The van der Waals surface area contributed by atoms with Crippen molar-refractivity contribution in [1.29, 1.82) is 5.26 Å². The third-order valence-corrected chi connectivity index (χ3v) is 3.98. The van der Waals surface area contributed by atoms with Crippen molar-refractivity contribution in [2.24, 2.45) is 5.92 Å². The van der Waals surface area contributed by atoms with Crippen molar-refractivity contribution in [3.63, 3.8) is 0 Å². The molecule has 0 amide bonds. The topological polar surface area (TPSA) is 39.1 Å². The van der Waals surface area contributed by atoms with Crippen molar-refractivity contribution in [2.75, 3.05) is 31.1 Å². The fraction of sp³-hybridized carbons (Fsp3) is 0.533. The van der Waals surface area contributed by atoms with Crippen LogP contribution in [0.4, 0.5) is 5.69 Å². The Hall–Kier alpha value is -1.24. The van der Waals surface area contributed by atoms with Gasteiger partial charge in [-0.2, -0.15) is 5.26 Å². The van der Waals surface area contributed by atoms with E-state index in [9.17, 15) is 0 Å². The number of nitrogens with one attached hydrogen (secondary N) is 1. The molecule has 1 N–H and O–H groups in total. The Morgan fingerprint density at radius 3 is 2.95 bits per heavy atom. The summed E-state index contributed by atoms with van der Waals surface area (Å²) in [7, 11) is 0. The van der Waals surface area contributed by atoms with E-state index in [4.69, 9.17) is 16.9 Å². The van der Waals surface area contributed by atoms with Crippen LogP contribution in [0.3, 0.4) is 0 Å². The van der Waals surface area contributed by atoms with Gasteiger partial charge in [-0.05, 0) is 57.0 Å². The molecule has 3 nitrogen and oxygen atoms in total. The number of rotatable bonds is 4. The van der Waals surface area contributed by atoms with Crippen LogP contribution in [0.2, 0.25) is 5.02 Å². The lowest BCUT2D eigenvalue weighted by atomic mass is 9.99. The minimum atomic E-state index is 0.615. The van der Waals surface area contributed by atoms with Crippen LogP contribution >= 0.6 is 11.6 Å². The van der Waals surface area contributed by atoms with E-state index in [2.05, 4.69) is 23.2 Å². The summed E-state index contributed by atoms with van der Waals surface area (Å²) in [4.78, 5) is 2.31. The summed E-state index contributed by atoms with van der Waals surface area (Å²) in [5.74, 6) is 0.681. The fourth-order valence-electron chi connectivity index (χ4n) is 2.62. The monoisotopic (exact) mass is 277 g/mol. The third-order valence-electron chi connectivity index (χ3n) is 3.68. The SMILES string of the molecule is CCN(CC1CCCNC1)c1ccc(C#N)cc1Cl. The largest absolute Gasteiger partial charge is 0.370 e. The van der Waals surface area contributed by atoms with Gasteiger partial charge in [-0.3, -0.25) is 0 Å². The fourth-order valence-corrected chi connectivity index (χ4v) is 2.92. The van der Waals surface area contributed by atoms with E-state index in [0.717, 1.165) is 31.9 Å². The highest BCUT2D eigenvalue weighted by molar-refractivity contribution is 6.33. The zero-order valence-corrected chi connectivity index (χ0v) is 12.1. The zero-order valence-electron chi connectivity index (χ0n) is 11.3. The predicted molar refractivity (Wildman–Crippen MR) is 79.6 cm³/mol. The molecule has 4 heteroatoms. The first-order valence-electron chi connectivity index (χ1n) is 6.90. The van der Waals surface area contributed by atoms with E-state index >= 15 is 0 Å². The summed E-state index contributed by atoms with van der Waals surface area (Å²) < 4.78 is 0. The maximum Gasteiger partial charge on any atom is 0.0992 e. The molecular weight excluding hydrogens is 258 g/mol. The van der Waals surface area contributed by atoms with Gasteiger partial charge < -0.3 is 10.2 Å². The lowest BCUT2D eigenvalue weighted by Crippen LogP contribution is -2.38. The highest BCUT2D eigenvalue weighted by Crippen LogP contribution is 2.28. The summed E-state index contributed by atoms with van der Waals surface area (Å²) >= 11 is 6.29. The molecule has 1 aliphatic rings. The van der Waals surface area contributed by atoms with Crippen molar-refractivity contribution in [1.82, 2.24) is 5.32 Å². The van der Waals surface area contributed by atoms with E-state index in [1.54, 1.807) is 6.07 Å². The molecule has 1 fully saturated rings. The van der Waals surface area contributed by atoms with Gasteiger partial charge >= 0.3 is 0 Å². The second kappa shape index (κ2) is 6.79. The number of halogens is 1. The summed E-state index contributed by atoms with van der Waals surface area (Å²) in [6.45, 7) is 6.33. The van der Waals surface area contributed by atoms with Crippen molar-refractivity contribution in [2.45, 2.75) is 19.8 Å². The van der Waals surface area contributed by atoms with Crippen LogP contribution in [-0.2, 0) is 0 Å². The van der Waals surface area contributed by atoms with Crippen LogP contribution < -0.4 is 10.2 Å². The Morgan fingerprint density at radius 2 is 2.37 bits per heavy atom. The van der Waals surface area contributed by atoms with Crippen LogP contribution in [0, 0.1) is 17.2 Å². The first-order chi connectivity index (χ1) is 9.24. The standard InChI is InChI=1S/C15H20ClN3/c1-2-19(11-13-4-3-7-18-10-13)15-6-5-12(9-17)8-14(15)16/h5-6,8,13,18H,2-4,7,10-11H2,1H3. The molecule has 1 unspecified atom stereocenters. The van der Waals surface area contributed by atoms with E-state index in [-0.39, 0.29) is 0 Å². The molecule has 1 aliphatic heterocycles. The number of anilines is 1. The smallest absolute Gasteiger partial charge is 0.0992 e. The average molecular weight is 278 g/mol. The number of nitrogens with zero attached hydrogens (tertiary/aromatic N) is 2. The molecule has 2 rings (SSSR count). The number of benzene rings is 1. The molecule has 19 heavy (non-hydrogen) atoms. The van der Waals surface area contributed by atoms with E-state index < -0.39 is 0 Å². The molecule has 0 saturated carbocycles. The van der Waals surface area contributed by atoms with E-state index in [1.807, 2.05) is 12.1 Å². The lowest BCUT2D eigenvalue weighted by Gasteiger charge is -2.31. The number of hydrogen-bond donors (Lipinski definition) is 1. The van der Waals surface area contributed by atoms with Gasteiger partial charge in [0, 0.05) is 13.1 Å². The molecule has 1 atom stereocenters. The Labute approximate surface area is 120 Å².